The molecule has 0 aliphatic heterocycles. The number of halogens is 6. The molecule has 0 aromatic rings. The van der Waals surface area contributed by atoms with Crippen LogP contribution in [0.5, 0.6) is 0 Å². The zero-order chi connectivity index (χ0) is 12.4. The number of hydrogen-bond acceptors (Lipinski definition) is 1. The standard InChI is InChI=1S/C7H6F6O2/c1-2-6(9,10)3(5(14)15)4(8)7(11,12)13/h2H2,1H3,(H,14,15). The molecule has 1 N–H and O–H groups in total. The Hall–Kier alpha value is -1.21. The van der Waals surface area contributed by atoms with Crippen molar-refractivity contribution in [3.63, 3.8) is 0 Å². The van der Waals surface area contributed by atoms with Gasteiger partial charge in [0.05, 0.1) is 0 Å². The van der Waals surface area contributed by atoms with Crippen LogP contribution in [0.15, 0.2) is 11.4 Å². The number of allylic oxidation sites excluding steroid dienone is 1. The van der Waals surface area contributed by atoms with Crippen molar-refractivity contribution in [2.75, 3.05) is 0 Å². The Bertz CT molecular complexity index is 290. The van der Waals surface area contributed by atoms with Crippen LogP contribution in [0.4, 0.5) is 26.3 Å². The van der Waals surface area contributed by atoms with E-state index in [2.05, 4.69) is 0 Å². The summed E-state index contributed by atoms with van der Waals surface area (Å²) in [6.07, 6.45) is -6.97. The second kappa shape index (κ2) is 4.11. The van der Waals surface area contributed by atoms with Gasteiger partial charge in [-0.1, -0.05) is 6.92 Å². The Labute approximate surface area is 80.2 Å². The summed E-state index contributed by atoms with van der Waals surface area (Å²) in [7, 11) is 0. The zero-order valence-electron chi connectivity index (χ0n) is 7.33. The van der Waals surface area contributed by atoms with Gasteiger partial charge in [-0.15, -0.1) is 0 Å². The lowest BCUT2D eigenvalue weighted by atomic mass is 10.1. The molecule has 0 bridgehead atoms. The molecule has 0 saturated carbocycles. The summed E-state index contributed by atoms with van der Waals surface area (Å²) in [5.74, 6) is -10.3. The van der Waals surface area contributed by atoms with Gasteiger partial charge < -0.3 is 5.11 Å². The largest absolute Gasteiger partial charge is 0.478 e. The average Bonchev–Trinajstić information content (AvgIpc) is 2.01. The molecular weight excluding hydrogens is 230 g/mol. The highest BCUT2D eigenvalue weighted by Crippen LogP contribution is 2.37. The summed E-state index contributed by atoms with van der Waals surface area (Å²) < 4.78 is 72.8. The lowest BCUT2D eigenvalue weighted by Gasteiger charge is -2.16. The van der Waals surface area contributed by atoms with Crippen molar-refractivity contribution in [1.82, 2.24) is 0 Å². The van der Waals surface area contributed by atoms with Crippen LogP contribution in [-0.2, 0) is 4.79 Å². The van der Waals surface area contributed by atoms with Crippen molar-refractivity contribution in [2.45, 2.75) is 25.4 Å². The Balaban J connectivity index is 5.62. The van der Waals surface area contributed by atoms with Crippen molar-refractivity contribution >= 4 is 5.97 Å². The normalized spacial score (nSPS) is 14.9. The Morgan fingerprint density at radius 1 is 1.20 bits per heavy atom. The number of rotatable bonds is 3. The monoisotopic (exact) mass is 236 g/mol. The highest BCUT2D eigenvalue weighted by atomic mass is 19.4. The van der Waals surface area contributed by atoms with Gasteiger partial charge in [0.25, 0.3) is 5.92 Å². The molecule has 0 atom stereocenters. The van der Waals surface area contributed by atoms with E-state index in [1.54, 1.807) is 0 Å². The fourth-order valence-corrected chi connectivity index (χ4v) is 0.729. The van der Waals surface area contributed by atoms with Gasteiger partial charge >= 0.3 is 12.1 Å². The van der Waals surface area contributed by atoms with E-state index in [4.69, 9.17) is 5.11 Å². The van der Waals surface area contributed by atoms with Crippen molar-refractivity contribution in [1.29, 1.82) is 0 Å². The van der Waals surface area contributed by atoms with Gasteiger partial charge in [0.1, 0.15) is 5.57 Å². The van der Waals surface area contributed by atoms with Crippen molar-refractivity contribution in [3.8, 4) is 0 Å². The van der Waals surface area contributed by atoms with E-state index >= 15 is 0 Å². The first kappa shape index (κ1) is 13.8. The minimum Gasteiger partial charge on any atom is -0.478 e. The molecule has 0 saturated heterocycles. The van der Waals surface area contributed by atoms with Crippen LogP contribution in [0.2, 0.25) is 0 Å². The van der Waals surface area contributed by atoms with E-state index in [0.717, 1.165) is 6.92 Å². The van der Waals surface area contributed by atoms with Crippen molar-refractivity contribution in [3.05, 3.63) is 11.4 Å². The molecule has 0 spiro atoms. The maximum atomic E-state index is 12.7. The van der Waals surface area contributed by atoms with Crippen LogP contribution in [-0.4, -0.2) is 23.2 Å². The molecule has 0 heterocycles. The van der Waals surface area contributed by atoms with Gasteiger partial charge in [-0.3, -0.25) is 0 Å². The Kier molecular flexibility index (Phi) is 3.78. The molecule has 0 aliphatic carbocycles. The summed E-state index contributed by atoms with van der Waals surface area (Å²) in [6.45, 7) is 0.743. The smallest absolute Gasteiger partial charge is 0.443 e. The van der Waals surface area contributed by atoms with E-state index in [-0.39, 0.29) is 0 Å². The topological polar surface area (TPSA) is 37.3 Å². The van der Waals surface area contributed by atoms with Crippen LogP contribution in [0, 0.1) is 0 Å². The van der Waals surface area contributed by atoms with Crippen molar-refractivity contribution < 1.29 is 36.2 Å². The van der Waals surface area contributed by atoms with E-state index in [1.165, 1.54) is 0 Å². The van der Waals surface area contributed by atoms with Crippen LogP contribution in [0.1, 0.15) is 13.3 Å². The summed E-state index contributed by atoms with van der Waals surface area (Å²) >= 11 is 0. The molecule has 0 amide bonds. The predicted molar refractivity (Wildman–Crippen MR) is 37.1 cm³/mol. The minimum absolute atomic E-state index is 0.743. The first-order valence-corrected chi connectivity index (χ1v) is 3.62. The molecule has 0 unspecified atom stereocenters. The van der Waals surface area contributed by atoms with Crippen LogP contribution >= 0.6 is 0 Å². The lowest BCUT2D eigenvalue weighted by molar-refractivity contribution is -0.141. The van der Waals surface area contributed by atoms with E-state index in [9.17, 15) is 31.1 Å². The third-order valence-corrected chi connectivity index (χ3v) is 1.49. The third-order valence-electron chi connectivity index (χ3n) is 1.49. The summed E-state index contributed by atoms with van der Waals surface area (Å²) in [6, 6.07) is 0. The van der Waals surface area contributed by atoms with Gasteiger partial charge in [-0.25, -0.2) is 18.0 Å². The SMILES string of the molecule is CCC(F)(F)C(C(=O)O)=C(F)C(F)(F)F. The molecule has 88 valence electrons. The number of carboxylic acids is 1. The van der Waals surface area contributed by atoms with Crippen molar-refractivity contribution in [2.24, 2.45) is 0 Å². The number of aliphatic carboxylic acids is 1. The highest BCUT2D eigenvalue weighted by molar-refractivity contribution is 5.89. The molecule has 2 nitrogen and oxygen atoms in total. The molecule has 0 fully saturated rings. The average molecular weight is 236 g/mol. The molecule has 8 heteroatoms. The second-order valence-electron chi connectivity index (χ2n) is 2.55. The van der Waals surface area contributed by atoms with Gasteiger partial charge in [-0.05, 0) is 0 Å². The Morgan fingerprint density at radius 2 is 1.60 bits per heavy atom. The molecule has 0 aliphatic rings. The molecule has 0 aromatic heterocycles. The quantitative estimate of drug-likeness (QED) is 0.604. The highest BCUT2D eigenvalue weighted by Gasteiger charge is 2.48. The van der Waals surface area contributed by atoms with Gasteiger partial charge in [-0.2, -0.15) is 13.2 Å². The maximum absolute atomic E-state index is 12.7. The maximum Gasteiger partial charge on any atom is 0.443 e. The molecule has 0 aromatic carbocycles. The number of carbonyl (C=O) groups is 1. The molecule has 0 rings (SSSR count). The summed E-state index contributed by atoms with van der Waals surface area (Å²) in [5.41, 5.74) is -2.56. The first-order valence-electron chi connectivity index (χ1n) is 3.62. The number of alkyl halides is 5. The lowest BCUT2D eigenvalue weighted by Crippen LogP contribution is -2.29. The van der Waals surface area contributed by atoms with Crippen LogP contribution in [0.3, 0.4) is 0 Å². The summed E-state index contributed by atoms with van der Waals surface area (Å²) in [4.78, 5) is 10.1. The first-order chi connectivity index (χ1) is 6.54. The second-order valence-corrected chi connectivity index (χ2v) is 2.55. The van der Waals surface area contributed by atoms with E-state index in [0.29, 0.717) is 0 Å². The summed E-state index contributed by atoms with van der Waals surface area (Å²) in [5, 5.41) is 8.10. The van der Waals surface area contributed by atoms with E-state index in [1.807, 2.05) is 0 Å². The van der Waals surface area contributed by atoms with Gasteiger partial charge in [0.2, 0.25) is 5.83 Å². The third kappa shape index (κ3) is 3.14. The number of carboxylic acid groups (broad SMARTS) is 1. The van der Waals surface area contributed by atoms with E-state index < -0.39 is 35.9 Å². The van der Waals surface area contributed by atoms with Crippen LogP contribution in [0.25, 0.3) is 0 Å². The molecule has 0 radical (unpaired) electrons. The van der Waals surface area contributed by atoms with Gasteiger partial charge in [0, 0.05) is 6.42 Å². The van der Waals surface area contributed by atoms with Crippen LogP contribution < -0.4 is 0 Å². The number of hydrogen-bond donors (Lipinski definition) is 1. The predicted octanol–water partition coefficient (Wildman–Crippen LogP) is 2.90. The fourth-order valence-electron chi connectivity index (χ4n) is 0.729. The minimum atomic E-state index is -5.73. The molecule has 15 heavy (non-hydrogen) atoms. The Morgan fingerprint density at radius 3 is 1.80 bits per heavy atom. The molecular formula is C7H6F6O2. The fraction of sp³-hybridized carbons (Fsp3) is 0.571. The van der Waals surface area contributed by atoms with Gasteiger partial charge in [0.15, 0.2) is 0 Å². The zero-order valence-corrected chi connectivity index (χ0v) is 7.33.